The molecule has 0 heterocycles. The van der Waals surface area contributed by atoms with Crippen LogP contribution in [0, 0.1) is 5.92 Å². The molecule has 0 aromatic carbocycles. The molecule has 0 aliphatic heterocycles. The molecule has 0 spiro atoms. The molecule has 0 aromatic rings. The van der Waals surface area contributed by atoms with Gasteiger partial charge in [-0.3, -0.25) is 0 Å². The lowest BCUT2D eigenvalue weighted by Gasteiger charge is -2.32. The maximum Gasteiger partial charge on any atom is 0.0625 e. The summed E-state index contributed by atoms with van der Waals surface area (Å²) in [6.07, 6.45) is 7.35. The molecular weight excluding hydrogens is 198 g/mol. The van der Waals surface area contributed by atoms with Crippen LogP contribution in [0.4, 0.5) is 0 Å². The Kier molecular flexibility index (Phi) is 6.37. The summed E-state index contributed by atoms with van der Waals surface area (Å²) in [6, 6.07) is 1.12. The van der Waals surface area contributed by atoms with Gasteiger partial charge in [0.2, 0.25) is 0 Å². The van der Waals surface area contributed by atoms with E-state index in [0.717, 1.165) is 12.5 Å². The molecule has 1 N–H and O–H groups in total. The van der Waals surface area contributed by atoms with Crippen LogP contribution in [0.3, 0.4) is 0 Å². The Morgan fingerprint density at radius 1 is 1.06 bits per heavy atom. The first-order valence-corrected chi connectivity index (χ1v) is 6.97. The molecule has 1 rings (SSSR count). The third kappa shape index (κ3) is 5.31. The Morgan fingerprint density at radius 3 is 2.19 bits per heavy atom. The molecule has 0 amide bonds. The lowest BCUT2D eigenvalue weighted by molar-refractivity contribution is 0.0406. The number of hydrogen-bond donors (Lipinski definition) is 1. The maximum absolute atomic E-state index is 5.80. The third-order valence-electron chi connectivity index (χ3n) is 3.38. The second kappa shape index (κ2) is 7.29. The summed E-state index contributed by atoms with van der Waals surface area (Å²) in [5.41, 5.74) is 0. The topological polar surface area (TPSA) is 21.3 Å². The fraction of sp³-hybridized carbons (Fsp3) is 1.00. The second-order valence-corrected chi connectivity index (χ2v) is 5.71. The zero-order valence-electron chi connectivity index (χ0n) is 11.5. The number of hydrogen-bond acceptors (Lipinski definition) is 2. The smallest absolute Gasteiger partial charge is 0.0625 e. The van der Waals surface area contributed by atoms with Gasteiger partial charge in [-0.1, -0.05) is 33.1 Å². The van der Waals surface area contributed by atoms with Gasteiger partial charge in [-0.15, -0.1) is 0 Å². The van der Waals surface area contributed by atoms with Crippen molar-refractivity contribution in [3.8, 4) is 0 Å². The average molecular weight is 227 g/mol. The summed E-state index contributed by atoms with van der Waals surface area (Å²) in [7, 11) is 0. The van der Waals surface area contributed by atoms with Crippen molar-refractivity contribution in [3.05, 3.63) is 0 Å². The first-order valence-electron chi connectivity index (χ1n) is 6.97. The van der Waals surface area contributed by atoms with Crippen molar-refractivity contribution in [1.29, 1.82) is 0 Å². The van der Waals surface area contributed by atoms with E-state index in [2.05, 4.69) is 33.0 Å². The quantitative estimate of drug-likeness (QED) is 0.751. The lowest BCUT2D eigenvalue weighted by Crippen LogP contribution is -2.44. The van der Waals surface area contributed by atoms with Crippen LogP contribution in [0.2, 0.25) is 0 Å². The Morgan fingerprint density at radius 2 is 1.69 bits per heavy atom. The summed E-state index contributed by atoms with van der Waals surface area (Å²) in [5.74, 6) is 0.829. The van der Waals surface area contributed by atoms with E-state index in [4.69, 9.17) is 4.74 Å². The van der Waals surface area contributed by atoms with Crippen LogP contribution in [0.15, 0.2) is 0 Å². The van der Waals surface area contributed by atoms with Crippen molar-refractivity contribution in [2.45, 2.75) is 78.0 Å². The maximum atomic E-state index is 5.80. The number of rotatable bonds is 6. The van der Waals surface area contributed by atoms with Crippen LogP contribution in [0.25, 0.3) is 0 Å². The average Bonchev–Trinajstić information content (AvgIpc) is 2.25. The molecule has 2 heteroatoms. The summed E-state index contributed by atoms with van der Waals surface area (Å²) >= 11 is 0. The van der Waals surface area contributed by atoms with Crippen molar-refractivity contribution < 1.29 is 4.74 Å². The molecule has 16 heavy (non-hydrogen) atoms. The Balaban J connectivity index is 2.41. The SMILES string of the molecule is CC(C)NC(COC(C)C)C1CCCCC1. The monoisotopic (exact) mass is 227 g/mol. The van der Waals surface area contributed by atoms with Gasteiger partial charge in [0.25, 0.3) is 0 Å². The highest BCUT2D eigenvalue weighted by atomic mass is 16.5. The van der Waals surface area contributed by atoms with Crippen LogP contribution >= 0.6 is 0 Å². The van der Waals surface area contributed by atoms with Gasteiger partial charge in [-0.05, 0) is 32.6 Å². The van der Waals surface area contributed by atoms with Gasteiger partial charge in [0.05, 0.1) is 12.7 Å². The molecule has 0 radical (unpaired) electrons. The predicted octanol–water partition coefficient (Wildman–Crippen LogP) is 3.36. The molecule has 2 nitrogen and oxygen atoms in total. The van der Waals surface area contributed by atoms with Crippen LogP contribution in [0.1, 0.15) is 59.8 Å². The van der Waals surface area contributed by atoms with E-state index in [9.17, 15) is 0 Å². The van der Waals surface area contributed by atoms with Crippen LogP contribution in [-0.4, -0.2) is 24.8 Å². The van der Waals surface area contributed by atoms with Crippen LogP contribution in [0.5, 0.6) is 0 Å². The number of nitrogens with one attached hydrogen (secondary N) is 1. The van der Waals surface area contributed by atoms with Crippen molar-refractivity contribution >= 4 is 0 Å². The highest BCUT2D eigenvalue weighted by molar-refractivity contribution is 4.80. The van der Waals surface area contributed by atoms with E-state index in [1.807, 2.05) is 0 Å². The Bertz CT molecular complexity index is 174. The standard InChI is InChI=1S/C14H29NO/c1-11(2)15-14(10-16-12(3)4)13-8-6-5-7-9-13/h11-15H,5-10H2,1-4H3. The molecule has 1 aliphatic rings. The normalized spacial score (nSPS) is 20.6. The molecule has 0 saturated heterocycles. The molecular formula is C14H29NO. The van der Waals surface area contributed by atoms with Crippen molar-refractivity contribution in [2.75, 3.05) is 6.61 Å². The molecule has 1 aliphatic carbocycles. The zero-order valence-corrected chi connectivity index (χ0v) is 11.5. The molecule has 1 saturated carbocycles. The number of ether oxygens (including phenoxy) is 1. The molecule has 0 aromatic heterocycles. The lowest BCUT2D eigenvalue weighted by atomic mass is 9.84. The predicted molar refractivity (Wildman–Crippen MR) is 69.7 cm³/mol. The van der Waals surface area contributed by atoms with E-state index in [1.54, 1.807) is 0 Å². The van der Waals surface area contributed by atoms with Crippen LogP contribution < -0.4 is 5.32 Å². The minimum absolute atomic E-state index is 0.347. The summed E-state index contributed by atoms with van der Waals surface area (Å²) < 4.78 is 5.80. The second-order valence-electron chi connectivity index (χ2n) is 5.71. The Hall–Kier alpha value is -0.0800. The van der Waals surface area contributed by atoms with Crippen LogP contribution in [-0.2, 0) is 4.74 Å². The minimum atomic E-state index is 0.347. The summed E-state index contributed by atoms with van der Waals surface area (Å²) in [5, 5.41) is 3.68. The first kappa shape index (κ1) is 14.0. The van der Waals surface area contributed by atoms with E-state index in [1.165, 1.54) is 32.1 Å². The molecule has 1 fully saturated rings. The highest BCUT2D eigenvalue weighted by Crippen LogP contribution is 2.27. The van der Waals surface area contributed by atoms with Gasteiger partial charge in [0.15, 0.2) is 0 Å². The largest absolute Gasteiger partial charge is 0.377 e. The van der Waals surface area contributed by atoms with Gasteiger partial charge >= 0.3 is 0 Å². The highest BCUT2D eigenvalue weighted by Gasteiger charge is 2.24. The van der Waals surface area contributed by atoms with Gasteiger partial charge in [-0.2, -0.15) is 0 Å². The van der Waals surface area contributed by atoms with Gasteiger partial charge in [0, 0.05) is 12.1 Å². The minimum Gasteiger partial charge on any atom is -0.377 e. The van der Waals surface area contributed by atoms with E-state index in [-0.39, 0.29) is 0 Å². The van der Waals surface area contributed by atoms with Crippen molar-refractivity contribution in [3.63, 3.8) is 0 Å². The molecule has 96 valence electrons. The van der Waals surface area contributed by atoms with Crippen molar-refractivity contribution in [2.24, 2.45) is 5.92 Å². The molecule has 1 unspecified atom stereocenters. The van der Waals surface area contributed by atoms with E-state index >= 15 is 0 Å². The van der Waals surface area contributed by atoms with Crippen molar-refractivity contribution in [1.82, 2.24) is 5.32 Å². The fourth-order valence-corrected chi connectivity index (χ4v) is 2.58. The summed E-state index contributed by atoms with van der Waals surface area (Å²) in [4.78, 5) is 0. The zero-order chi connectivity index (χ0) is 12.0. The third-order valence-corrected chi connectivity index (χ3v) is 3.38. The summed E-state index contributed by atoms with van der Waals surface area (Å²) in [6.45, 7) is 9.57. The van der Waals surface area contributed by atoms with Gasteiger partial charge in [-0.25, -0.2) is 0 Å². The Labute approximate surface area is 101 Å². The fourth-order valence-electron chi connectivity index (χ4n) is 2.58. The van der Waals surface area contributed by atoms with Gasteiger partial charge < -0.3 is 10.1 Å². The van der Waals surface area contributed by atoms with E-state index < -0.39 is 0 Å². The van der Waals surface area contributed by atoms with Gasteiger partial charge in [0.1, 0.15) is 0 Å². The molecule has 1 atom stereocenters. The van der Waals surface area contributed by atoms with E-state index in [0.29, 0.717) is 18.2 Å². The first-order chi connectivity index (χ1) is 7.59. The molecule has 0 bridgehead atoms.